The van der Waals surface area contributed by atoms with Gasteiger partial charge in [0, 0.05) is 11.8 Å². The minimum Gasteiger partial charge on any atom is -0.375 e. The van der Waals surface area contributed by atoms with Gasteiger partial charge in [-0.3, -0.25) is 4.98 Å². The number of hydrogen-bond acceptors (Lipinski definition) is 7. The molecule has 0 amide bonds. The summed E-state index contributed by atoms with van der Waals surface area (Å²) in [5, 5.41) is 4.51. The number of nitrogens with zero attached hydrogens (tertiary/aromatic N) is 4. The van der Waals surface area contributed by atoms with E-state index in [1.807, 2.05) is 36.4 Å². The van der Waals surface area contributed by atoms with Gasteiger partial charge in [-0.05, 0) is 30.3 Å². The molecule has 0 spiro atoms. The maximum atomic E-state index is 5.71. The van der Waals surface area contributed by atoms with Crippen molar-refractivity contribution in [1.82, 2.24) is 20.1 Å². The van der Waals surface area contributed by atoms with E-state index in [0.29, 0.717) is 22.5 Å². The van der Waals surface area contributed by atoms with Gasteiger partial charge in [0.15, 0.2) is 5.13 Å². The van der Waals surface area contributed by atoms with E-state index < -0.39 is 0 Å². The Morgan fingerprint density at radius 3 is 2.90 bits per heavy atom. The third-order valence-electron chi connectivity index (χ3n) is 2.97. The van der Waals surface area contributed by atoms with E-state index in [-0.39, 0.29) is 0 Å². The highest BCUT2D eigenvalue weighted by Crippen LogP contribution is 2.29. The van der Waals surface area contributed by atoms with Crippen LogP contribution in [-0.2, 0) is 0 Å². The molecule has 21 heavy (non-hydrogen) atoms. The van der Waals surface area contributed by atoms with Crippen LogP contribution in [-0.4, -0.2) is 20.1 Å². The van der Waals surface area contributed by atoms with Crippen LogP contribution in [0.25, 0.3) is 33.2 Å². The van der Waals surface area contributed by atoms with E-state index in [1.54, 1.807) is 6.20 Å². The number of benzene rings is 1. The first kappa shape index (κ1) is 12.0. The van der Waals surface area contributed by atoms with Gasteiger partial charge in [-0.15, -0.1) is 0 Å². The van der Waals surface area contributed by atoms with Crippen molar-refractivity contribution < 1.29 is 4.52 Å². The van der Waals surface area contributed by atoms with Crippen molar-refractivity contribution in [2.45, 2.75) is 0 Å². The molecule has 2 N–H and O–H groups in total. The van der Waals surface area contributed by atoms with Crippen molar-refractivity contribution in [3.63, 3.8) is 0 Å². The number of nitrogen functional groups attached to an aromatic ring is 1. The van der Waals surface area contributed by atoms with Crippen molar-refractivity contribution in [3.8, 4) is 23.0 Å². The van der Waals surface area contributed by atoms with E-state index in [0.717, 1.165) is 15.8 Å². The summed E-state index contributed by atoms with van der Waals surface area (Å²) >= 11 is 1.43. The van der Waals surface area contributed by atoms with E-state index in [2.05, 4.69) is 20.1 Å². The van der Waals surface area contributed by atoms with E-state index >= 15 is 0 Å². The molecule has 1 aromatic carbocycles. The Balaban J connectivity index is 1.77. The van der Waals surface area contributed by atoms with Gasteiger partial charge >= 0.3 is 0 Å². The Morgan fingerprint density at radius 2 is 2.05 bits per heavy atom. The van der Waals surface area contributed by atoms with Gasteiger partial charge in [0.2, 0.25) is 5.82 Å². The summed E-state index contributed by atoms with van der Waals surface area (Å²) < 4.78 is 6.30. The molecule has 4 rings (SSSR count). The van der Waals surface area contributed by atoms with Gasteiger partial charge in [0.25, 0.3) is 5.89 Å². The minimum atomic E-state index is 0.449. The Bertz CT molecular complexity index is 915. The zero-order valence-corrected chi connectivity index (χ0v) is 11.5. The molecule has 0 radical (unpaired) electrons. The highest BCUT2D eigenvalue weighted by molar-refractivity contribution is 7.22. The van der Waals surface area contributed by atoms with Gasteiger partial charge in [-0.1, -0.05) is 22.6 Å². The smallest absolute Gasteiger partial charge is 0.258 e. The lowest BCUT2D eigenvalue weighted by Gasteiger charge is -1.93. The van der Waals surface area contributed by atoms with Crippen LogP contribution in [0.1, 0.15) is 0 Å². The molecule has 0 aliphatic carbocycles. The van der Waals surface area contributed by atoms with Crippen molar-refractivity contribution in [2.24, 2.45) is 0 Å². The average Bonchev–Trinajstić information content (AvgIpc) is 3.12. The highest BCUT2D eigenvalue weighted by atomic mass is 32.1. The third-order valence-corrected chi connectivity index (χ3v) is 3.82. The summed E-state index contributed by atoms with van der Waals surface area (Å²) in [4.78, 5) is 12.8. The van der Waals surface area contributed by atoms with Crippen LogP contribution in [0.5, 0.6) is 0 Å². The quantitative estimate of drug-likeness (QED) is 0.611. The van der Waals surface area contributed by atoms with E-state index in [9.17, 15) is 0 Å². The number of fused-ring (bicyclic) bond motifs is 1. The molecule has 0 unspecified atom stereocenters. The molecule has 3 heterocycles. The molecule has 3 aromatic heterocycles. The largest absolute Gasteiger partial charge is 0.375 e. The lowest BCUT2D eigenvalue weighted by Crippen LogP contribution is -1.84. The number of hydrogen-bond donors (Lipinski definition) is 1. The molecular weight excluding hydrogens is 286 g/mol. The van der Waals surface area contributed by atoms with Crippen molar-refractivity contribution in [3.05, 3.63) is 42.6 Å². The Morgan fingerprint density at radius 1 is 1.10 bits per heavy atom. The fourth-order valence-electron chi connectivity index (χ4n) is 2.02. The second kappa shape index (κ2) is 4.64. The molecule has 7 heteroatoms. The minimum absolute atomic E-state index is 0.449. The van der Waals surface area contributed by atoms with Gasteiger partial charge in [-0.25, -0.2) is 4.98 Å². The normalized spacial score (nSPS) is 11.0. The van der Waals surface area contributed by atoms with Crippen LogP contribution in [0.15, 0.2) is 47.1 Å². The molecule has 102 valence electrons. The first-order valence-electron chi connectivity index (χ1n) is 6.21. The molecular formula is C14H9N5OS. The van der Waals surface area contributed by atoms with Crippen LogP contribution in [0, 0.1) is 0 Å². The molecule has 0 fully saturated rings. The highest BCUT2D eigenvalue weighted by Gasteiger charge is 2.12. The third kappa shape index (κ3) is 2.13. The van der Waals surface area contributed by atoms with Crippen LogP contribution in [0.4, 0.5) is 5.13 Å². The second-order valence-corrected chi connectivity index (χ2v) is 5.43. The first-order chi connectivity index (χ1) is 10.3. The van der Waals surface area contributed by atoms with Gasteiger partial charge < -0.3 is 10.3 Å². The summed E-state index contributed by atoms with van der Waals surface area (Å²) in [6, 6.07) is 11.3. The second-order valence-electron chi connectivity index (χ2n) is 4.37. The van der Waals surface area contributed by atoms with Crippen LogP contribution in [0.3, 0.4) is 0 Å². The molecule has 0 saturated carbocycles. The van der Waals surface area contributed by atoms with Crippen molar-refractivity contribution in [2.75, 3.05) is 5.73 Å². The van der Waals surface area contributed by atoms with Crippen LogP contribution < -0.4 is 5.73 Å². The van der Waals surface area contributed by atoms with Crippen molar-refractivity contribution in [1.29, 1.82) is 0 Å². The lowest BCUT2D eigenvalue weighted by molar-refractivity contribution is 0.432. The maximum absolute atomic E-state index is 5.71. The number of aromatic nitrogens is 4. The monoisotopic (exact) mass is 295 g/mol. The number of anilines is 1. The Kier molecular flexibility index (Phi) is 2.65. The lowest BCUT2D eigenvalue weighted by atomic mass is 10.2. The molecule has 0 bridgehead atoms. The van der Waals surface area contributed by atoms with Crippen molar-refractivity contribution >= 4 is 26.7 Å². The van der Waals surface area contributed by atoms with Gasteiger partial charge in [0.1, 0.15) is 5.69 Å². The van der Waals surface area contributed by atoms with E-state index in [1.165, 1.54) is 11.3 Å². The standard InChI is InChI=1S/C14H9N5OS/c15-14-17-9-5-4-8(7-11(9)21-14)13-18-12(19-20-13)10-3-1-2-6-16-10/h1-7H,(H2,15,17). The first-order valence-corrected chi connectivity index (χ1v) is 7.03. The molecule has 4 aromatic rings. The van der Waals surface area contributed by atoms with E-state index in [4.69, 9.17) is 10.3 Å². The van der Waals surface area contributed by atoms with Crippen LogP contribution >= 0.6 is 11.3 Å². The Labute approximate surface area is 123 Å². The SMILES string of the molecule is Nc1nc2ccc(-c3nc(-c4ccccn4)no3)cc2s1. The topological polar surface area (TPSA) is 90.7 Å². The molecule has 6 nitrogen and oxygen atoms in total. The Hall–Kier alpha value is -2.80. The number of thiazole rings is 1. The average molecular weight is 295 g/mol. The predicted molar refractivity (Wildman–Crippen MR) is 80.6 cm³/mol. The number of nitrogens with two attached hydrogens (primary N) is 1. The molecule has 0 aliphatic heterocycles. The molecule has 0 saturated heterocycles. The van der Waals surface area contributed by atoms with Gasteiger partial charge in [0.05, 0.1) is 10.2 Å². The summed E-state index contributed by atoms with van der Waals surface area (Å²) in [5.74, 6) is 0.916. The zero-order valence-electron chi connectivity index (χ0n) is 10.7. The maximum Gasteiger partial charge on any atom is 0.258 e. The number of pyridine rings is 1. The fourth-order valence-corrected chi connectivity index (χ4v) is 2.79. The molecule has 0 atom stereocenters. The number of rotatable bonds is 2. The predicted octanol–water partition coefficient (Wildman–Crippen LogP) is 2.99. The molecule has 0 aliphatic rings. The summed E-state index contributed by atoms with van der Waals surface area (Å²) in [7, 11) is 0. The van der Waals surface area contributed by atoms with Crippen LogP contribution in [0.2, 0.25) is 0 Å². The fraction of sp³-hybridized carbons (Fsp3) is 0. The zero-order chi connectivity index (χ0) is 14.2. The van der Waals surface area contributed by atoms with Gasteiger partial charge in [-0.2, -0.15) is 4.98 Å². The summed E-state index contributed by atoms with van der Waals surface area (Å²) in [6.07, 6.45) is 1.69. The summed E-state index contributed by atoms with van der Waals surface area (Å²) in [6.45, 7) is 0. The summed E-state index contributed by atoms with van der Waals surface area (Å²) in [5.41, 5.74) is 8.08.